The molecule has 4 amide bonds. The van der Waals surface area contributed by atoms with E-state index in [1.165, 1.54) is 46.0 Å². The highest BCUT2D eigenvalue weighted by atomic mass is 35.5. The predicted molar refractivity (Wildman–Crippen MR) is 323 cm³/mol. The Labute approximate surface area is 498 Å². The number of carbonyl (C=O) groups excluding carboxylic acids is 4. The first-order valence-corrected chi connectivity index (χ1v) is 30.6. The first-order valence-electron chi connectivity index (χ1n) is 28.8. The molecule has 1 atom stereocenters. The highest BCUT2D eigenvalue weighted by Crippen LogP contribution is 2.44. The summed E-state index contributed by atoms with van der Waals surface area (Å²) in [7, 11) is -4.64. The smallest absolute Gasteiger partial charge is 0.293 e. The number of amides is 4. The van der Waals surface area contributed by atoms with Crippen molar-refractivity contribution in [3.8, 4) is 23.3 Å². The third-order valence-electron chi connectivity index (χ3n) is 16.8. The van der Waals surface area contributed by atoms with E-state index in [1.54, 1.807) is 30.5 Å². The minimum Gasteiger partial charge on any atom is -0.455 e. The van der Waals surface area contributed by atoms with E-state index in [2.05, 4.69) is 77.8 Å². The van der Waals surface area contributed by atoms with Crippen LogP contribution >= 0.6 is 11.6 Å². The summed E-state index contributed by atoms with van der Waals surface area (Å²) in [6, 6.07) is 25.1. The van der Waals surface area contributed by atoms with E-state index in [1.807, 2.05) is 30.3 Å². The molecular formula is C63H67ClN10O10S. The van der Waals surface area contributed by atoms with Gasteiger partial charge in [-0.05, 0) is 134 Å². The fourth-order valence-corrected chi connectivity index (χ4v) is 13.1. The van der Waals surface area contributed by atoms with Gasteiger partial charge in [0.1, 0.15) is 35.5 Å². The number of piperazine rings is 1. The van der Waals surface area contributed by atoms with Gasteiger partial charge in [-0.2, -0.15) is 0 Å². The van der Waals surface area contributed by atoms with Crippen molar-refractivity contribution in [2.24, 2.45) is 11.3 Å². The number of carbonyl (C=O) groups is 4. The zero-order valence-electron chi connectivity index (χ0n) is 47.5. The molecule has 1 unspecified atom stereocenters. The lowest BCUT2D eigenvalue weighted by Crippen LogP contribution is -2.52. The molecule has 0 radical (unpaired) electrons. The number of aromatic amines is 1. The molecule has 6 aromatic rings. The fourth-order valence-electron chi connectivity index (χ4n) is 12.0. The van der Waals surface area contributed by atoms with Crippen LogP contribution in [0.2, 0.25) is 5.02 Å². The largest absolute Gasteiger partial charge is 0.455 e. The molecule has 5 aliphatic rings. The second-order valence-electron chi connectivity index (χ2n) is 23.2. The number of likely N-dealkylation sites (tertiary alicyclic amines) is 1. The second-order valence-corrected chi connectivity index (χ2v) is 25.3. The molecule has 2 aromatic heterocycles. The average Bonchev–Trinajstić information content (AvgIpc) is 3.48. The number of pyridine rings is 1. The Morgan fingerprint density at radius 1 is 0.929 bits per heavy atom. The third-order valence-corrected chi connectivity index (χ3v) is 18.4. The number of hydrogen-bond donors (Lipinski definition) is 4. The zero-order valence-corrected chi connectivity index (χ0v) is 49.0. The van der Waals surface area contributed by atoms with Gasteiger partial charge in [-0.3, -0.25) is 39.5 Å². The number of hydrogen-bond acceptors (Lipinski definition) is 15. The summed E-state index contributed by atoms with van der Waals surface area (Å²) < 4.78 is 42.3. The number of H-pyrrole nitrogens is 1. The van der Waals surface area contributed by atoms with Crippen molar-refractivity contribution in [1.82, 2.24) is 34.7 Å². The summed E-state index contributed by atoms with van der Waals surface area (Å²) >= 11 is 6.27. The number of fused-ring (bicyclic) bond motifs is 2. The summed E-state index contributed by atoms with van der Waals surface area (Å²) in [5, 5.41) is 19.4. The van der Waals surface area contributed by atoms with Gasteiger partial charge in [-0.15, -0.1) is 0 Å². The Kier molecular flexibility index (Phi) is 17.4. The van der Waals surface area contributed by atoms with E-state index in [9.17, 15) is 37.7 Å². The van der Waals surface area contributed by atoms with Gasteiger partial charge in [0.15, 0.2) is 0 Å². The lowest BCUT2D eigenvalue weighted by Gasteiger charge is -2.39. The molecule has 1 aliphatic carbocycles. The summed E-state index contributed by atoms with van der Waals surface area (Å²) in [5.41, 5.74) is 7.16. The number of rotatable bonds is 18. The maximum Gasteiger partial charge on any atom is 0.293 e. The van der Waals surface area contributed by atoms with Gasteiger partial charge in [-0.1, -0.05) is 67.1 Å². The maximum atomic E-state index is 14.1. The number of halogens is 1. The minimum absolute atomic E-state index is 0.0623. The number of benzene rings is 4. The molecule has 85 heavy (non-hydrogen) atoms. The average molecular weight is 1190 g/mol. The highest BCUT2D eigenvalue weighted by molar-refractivity contribution is 7.90. The SMILES string of the molecule is CC1(C)CCC(CN2CCN(c3ccc(C(=O)NS(=O)(=O)c4ccc(NCC5CCN(CCOCC#Cc6cccc7c6C(=O)N(C6CCC(=O)NC6=O)C7)CC5)c([N+](=O)[O-])c4)c(Oc4cnc5[nH]ccc5c4)c3)CC2)=C(c2ccc(Cl)cc2)C1. The Morgan fingerprint density at radius 2 is 1.73 bits per heavy atom. The summed E-state index contributed by atoms with van der Waals surface area (Å²) in [5.74, 6) is 4.63. The van der Waals surface area contributed by atoms with E-state index in [-0.39, 0.29) is 66.1 Å². The van der Waals surface area contributed by atoms with Crippen LogP contribution in [0.5, 0.6) is 11.5 Å². The van der Waals surface area contributed by atoms with Crippen molar-refractivity contribution in [2.75, 3.05) is 82.3 Å². The van der Waals surface area contributed by atoms with Gasteiger partial charge < -0.3 is 34.5 Å². The Hall–Kier alpha value is -8.13. The van der Waals surface area contributed by atoms with Gasteiger partial charge in [-0.25, -0.2) is 18.1 Å². The number of anilines is 2. The predicted octanol–water partition coefficient (Wildman–Crippen LogP) is 8.77. The van der Waals surface area contributed by atoms with E-state index < -0.39 is 43.4 Å². The number of ether oxygens (including phenoxy) is 2. The molecule has 6 heterocycles. The van der Waals surface area contributed by atoms with Gasteiger partial charge in [0.05, 0.1) is 33.7 Å². The Bertz CT molecular complexity index is 3780. The second kappa shape index (κ2) is 25.2. The molecule has 4 N–H and O–H groups in total. The van der Waals surface area contributed by atoms with E-state index in [0.29, 0.717) is 60.3 Å². The van der Waals surface area contributed by atoms with Crippen LogP contribution in [0.15, 0.2) is 114 Å². The maximum absolute atomic E-state index is 14.1. The first-order chi connectivity index (χ1) is 40.9. The van der Waals surface area contributed by atoms with Crippen molar-refractivity contribution in [1.29, 1.82) is 0 Å². The number of imide groups is 1. The molecule has 4 aromatic carbocycles. The summed E-state index contributed by atoms with van der Waals surface area (Å²) in [4.78, 5) is 79.0. The van der Waals surface area contributed by atoms with Crippen LogP contribution in [0, 0.1) is 33.3 Å². The fraction of sp³-hybridized carbons (Fsp3) is 0.381. The Balaban J connectivity index is 0.680. The van der Waals surface area contributed by atoms with Crippen LogP contribution in [-0.2, 0) is 30.9 Å². The van der Waals surface area contributed by atoms with Gasteiger partial charge in [0.2, 0.25) is 11.8 Å². The topological polar surface area (TPSA) is 242 Å². The number of nitrogens with one attached hydrogen (secondary N) is 4. The molecule has 4 aliphatic heterocycles. The number of piperidine rings is 2. The standard InChI is InChI=1S/C63H67ClN10O10S/c1-63(2)22-18-45(52(36-63)42-8-10-47(64)11-9-42)39-71-26-28-72(29-27-71)48-12-14-51(56(34-48)84-49-33-44-19-23-65-59(44)67-38-49)60(76)69-85(81,82)50-13-15-53(55(35-50)74(79)80)66-37-41-20-24-70(25-21-41)30-32-83-31-4-7-43-5-3-6-46-40-73(62(78)58(43)46)54-16-17-57(75)68-61(54)77/h3,5-6,8-15,19,23,33-35,38,41,54,66H,16-18,20-22,24-32,36-37,39-40H2,1-2H3,(H,65,67)(H,69,76)(H,68,75,77). The number of nitro groups is 1. The van der Waals surface area contributed by atoms with Crippen LogP contribution in [-0.4, -0.2) is 140 Å². The van der Waals surface area contributed by atoms with Crippen LogP contribution in [0.25, 0.3) is 16.6 Å². The molecule has 0 saturated carbocycles. The van der Waals surface area contributed by atoms with Crippen LogP contribution in [0.3, 0.4) is 0 Å². The van der Waals surface area contributed by atoms with Crippen molar-refractivity contribution >= 4 is 78.9 Å². The first kappa shape index (κ1) is 58.6. The molecule has 442 valence electrons. The normalized spacial score (nSPS) is 18.7. The van der Waals surface area contributed by atoms with Crippen molar-refractivity contribution < 1.29 is 42.0 Å². The van der Waals surface area contributed by atoms with E-state index >= 15 is 0 Å². The number of sulfonamides is 1. The Morgan fingerprint density at radius 3 is 2.51 bits per heavy atom. The molecule has 0 bridgehead atoms. The lowest BCUT2D eigenvalue weighted by atomic mass is 9.72. The van der Waals surface area contributed by atoms with Crippen molar-refractivity contribution in [3.63, 3.8) is 0 Å². The van der Waals surface area contributed by atoms with Crippen molar-refractivity contribution in [3.05, 3.63) is 152 Å². The quantitative estimate of drug-likeness (QED) is 0.0207. The van der Waals surface area contributed by atoms with Gasteiger partial charge in [0, 0.05) is 98.8 Å². The molecule has 20 nitrogen and oxygen atoms in total. The molecule has 22 heteroatoms. The number of allylic oxidation sites excluding steroid dienone is 1. The minimum atomic E-state index is -4.64. The highest BCUT2D eigenvalue weighted by Gasteiger charge is 2.40. The number of nitrogens with zero attached hydrogens (tertiary/aromatic N) is 6. The van der Waals surface area contributed by atoms with Gasteiger partial charge in [0.25, 0.3) is 27.5 Å². The van der Waals surface area contributed by atoms with Crippen LogP contribution in [0.4, 0.5) is 17.1 Å². The molecule has 11 rings (SSSR count). The molecular weight excluding hydrogens is 1120 g/mol. The number of nitro benzene ring substituents is 1. The number of aromatic nitrogens is 2. The van der Waals surface area contributed by atoms with Crippen molar-refractivity contribution in [2.45, 2.75) is 76.3 Å². The third kappa shape index (κ3) is 13.7. The molecule has 0 spiro atoms. The molecule has 3 fully saturated rings. The summed E-state index contributed by atoms with van der Waals surface area (Å²) in [6.07, 6.45) is 8.50. The summed E-state index contributed by atoms with van der Waals surface area (Å²) in [6.45, 7) is 12.0. The van der Waals surface area contributed by atoms with E-state index in [4.69, 9.17) is 21.1 Å². The van der Waals surface area contributed by atoms with Gasteiger partial charge >= 0.3 is 0 Å². The van der Waals surface area contributed by atoms with Crippen LogP contribution < -0.4 is 25.0 Å². The van der Waals surface area contributed by atoms with E-state index in [0.717, 1.165) is 87.5 Å². The molecule has 3 saturated heterocycles. The monoisotopic (exact) mass is 1190 g/mol. The zero-order chi connectivity index (χ0) is 59.4. The lowest BCUT2D eigenvalue weighted by molar-refractivity contribution is -0.384. The van der Waals surface area contributed by atoms with Crippen LogP contribution in [0.1, 0.15) is 96.2 Å².